The fourth-order valence-corrected chi connectivity index (χ4v) is 4.62. The van der Waals surface area contributed by atoms with Crippen LogP contribution in [0.2, 0.25) is 0 Å². The monoisotopic (exact) mass is 464 g/mol. The Balaban J connectivity index is 2.02. The van der Waals surface area contributed by atoms with Gasteiger partial charge in [-0.25, -0.2) is 22.2 Å². The number of pyridine rings is 1. The van der Waals surface area contributed by atoms with E-state index in [1.807, 2.05) is 13.8 Å². The molecule has 32 heavy (non-hydrogen) atoms. The highest BCUT2D eigenvalue weighted by molar-refractivity contribution is 7.92. The maximum absolute atomic E-state index is 15.1. The standard InChI is InChI=1S/C22H26F2N4O3S/c1-4-9-32(30,31)27-18-8-7-17(23)19(20(18)24)21(29)16-12-26-22-15(16)10-14(11-25-22)13-28(5-2)6-3/h7-8,10-12,27H,4-6,9,13H2,1-3H3,(H,25,26). The van der Waals surface area contributed by atoms with Crippen LogP contribution in [0.5, 0.6) is 0 Å². The lowest BCUT2D eigenvalue weighted by Crippen LogP contribution is -2.22. The van der Waals surface area contributed by atoms with Crippen LogP contribution < -0.4 is 4.72 Å². The second-order valence-electron chi connectivity index (χ2n) is 7.44. The van der Waals surface area contributed by atoms with E-state index in [9.17, 15) is 17.6 Å². The molecule has 2 aromatic heterocycles. The summed E-state index contributed by atoms with van der Waals surface area (Å²) in [6, 6.07) is 3.61. The van der Waals surface area contributed by atoms with E-state index in [0.29, 0.717) is 24.0 Å². The number of carbonyl (C=O) groups excluding carboxylic acids is 1. The number of carbonyl (C=O) groups is 1. The Bertz CT molecular complexity index is 1240. The SMILES string of the molecule is CCCS(=O)(=O)Nc1ccc(F)c(C(=O)c2c[nH]c3ncc(CN(CC)CC)cc23)c1F. The fourth-order valence-electron chi connectivity index (χ4n) is 3.49. The van der Waals surface area contributed by atoms with Gasteiger partial charge in [0.05, 0.1) is 17.0 Å². The van der Waals surface area contributed by atoms with Gasteiger partial charge in [-0.3, -0.25) is 14.4 Å². The first-order valence-corrected chi connectivity index (χ1v) is 12.1. The number of H-pyrrole nitrogens is 1. The van der Waals surface area contributed by atoms with Crippen LogP contribution in [-0.4, -0.2) is 47.9 Å². The van der Waals surface area contributed by atoms with E-state index < -0.39 is 38.7 Å². The van der Waals surface area contributed by atoms with Crippen molar-refractivity contribution in [3.63, 3.8) is 0 Å². The minimum Gasteiger partial charge on any atom is -0.345 e. The van der Waals surface area contributed by atoms with Crippen LogP contribution in [0.3, 0.4) is 0 Å². The molecule has 0 bridgehead atoms. The van der Waals surface area contributed by atoms with E-state index in [0.717, 1.165) is 30.8 Å². The number of benzene rings is 1. The van der Waals surface area contributed by atoms with Crippen molar-refractivity contribution in [2.24, 2.45) is 0 Å². The maximum atomic E-state index is 15.1. The normalized spacial score (nSPS) is 11.9. The van der Waals surface area contributed by atoms with Gasteiger partial charge < -0.3 is 4.98 Å². The van der Waals surface area contributed by atoms with Gasteiger partial charge in [-0.05, 0) is 43.3 Å². The number of rotatable bonds is 10. The lowest BCUT2D eigenvalue weighted by Gasteiger charge is -2.17. The van der Waals surface area contributed by atoms with Crippen LogP contribution in [-0.2, 0) is 16.6 Å². The first kappa shape index (κ1) is 23.8. The van der Waals surface area contributed by atoms with Gasteiger partial charge in [-0.15, -0.1) is 0 Å². The van der Waals surface area contributed by atoms with Crippen molar-refractivity contribution in [3.05, 3.63) is 58.9 Å². The third kappa shape index (κ3) is 4.97. The number of aromatic amines is 1. The Hall–Kier alpha value is -2.85. The molecule has 0 spiro atoms. The van der Waals surface area contributed by atoms with Crippen LogP contribution in [0.1, 0.15) is 48.7 Å². The maximum Gasteiger partial charge on any atom is 0.232 e. The van der Waals surface area contributed by atoms with E-state index in [1.54, 1.807) is 19.2 Å². The summed E-state index contributed by atoms with van der Waals surface area (Å²) in [6.45, 7) is 8.03. The Morgan fingerprint density at radius 1 is 1.19 bits per heavy atom. The van der Waals surface area contributed by atoms with E-state index in [4.69, 9.17) is 0 Å². The van der Waals surface area contributed by atoms with Crippen LogP contribution in [0.4, 0.5) is 14.5 Å². The topological polar surface area (TPSA) is 95.2 Å². The summed E-state index contributed by atoms with van der Waals surface area (Å²) in [7, 11) is -3.82. The highest BCUT2D eigenvalue weighted by atomic mass is 32.2. The highest BCUT2D eigenvalue weighted by Gasteiger charge is 2.26. The van der Waals surface area contributed by atoms with Crippen LogP contribution in [0, 0.1) is 11.6 Å². The molecule has 0 aliphatic heterocycles. The van der Waals surface area contributed by atoms with Gasteiger partial charge in [-0.2, -0.15) is 0 Å². The summed E-state index contributed by atoms with van der Waals surface area (Å²) < 4.78 is 55.7. The quantitative estimate of drug-likeness (QED) is 0.441. The molecular formula is C22H26F2N4O3S. The molecule has 1 aromatic carbocycles. The summed E-state index contributed by atoms with van der Waals surface area (Å²) in [4.78, 5) is 22.5. The number of ketones is 1. The van der Waals surface area contributed by atoms with Gasteiger partial charge in [0.1, 0.15) is 11.5 Å². The predicted octanol–water partition coefficient (Wildman–Crippen LogP) is 4.07. The molecule has 0 fully saturated rings. The third-order valence-corrected chi connectivity index (χ3v) is 6.67. The number of halogens is 2. The number of nitrogens with one attached hydrogen (secondary N) is 2. The van der Waals surface area contributed by atoms with Gasteiger partial charge in [-0.1, -0.05) is 20.8 Å². The Morgan fingerprint density at radius 2 is 1.91 bits per heavy atom. The number of anilines is 1. The largest absolute Gasteiger partial charge is 0.345 e. The smallest absolute Gasteiger partial charge is 0.232 e. The number of aromatic nitrogens is 2. The van der Waals surface area contributed by atoms with Crippen molar-refractivity contribution in [1.82, 2.24) is 14.9 Å². The van der Waals surface area contributed by atoms with Crippen molar-refractivity contribution >= 4 is 32.5 Å². The molecular weight excluding hydrogens is 438 g/mol. The predicted molar refractivity (Wildman–Crippen MR) is 120 cm³/mol. The van der Waals surface area contributed by atoms with Crippen molar-refractivity contribution in [2.75, 3.05) is 23.6 Å². The molecule has 2 heterocycles. The molecule has 0 amide bonds. The molecule has 2 N–H and O–H groups in total. The third-order valence-electron chi connectivity index (χ3n) is 5.19. The minimum absolute atomic E-state index is 0.0558. The first-order chi connectivity index (χ1) is 15.2. The summed E-state index contributed by atoms with van der Waals surface area (Å²) in [5.41, 5.74) is 0.0366. The van der Waals surface area contributed by atoms with Crippen molar-refractivity contribution in [2.45, 2.75) is 33.7 Å². The van der Waals surface area contributed by atoms with Crippen molar-refractivity contribution in [3.8, 4) is 0 Å². The Morgan fingerprint density at radius 3 is 2.56 bits per heavy atom. The molecule has 0 radical (unpaired) electrons. The summed E-state index contributed by atoms with van der Waals surface area (Å²) >= 11 is 0. The molecule has 3 rings (SSSR count). The average Bonchev–Trinajstić information content (AvgIpc) is 3.17. The van der Waals surface area contributed by atoms with Gasteiger partial charge in [0.15, 0.2) is 5.82 Å². The summed E-state index contributed by atoms with van der Waals surface area (Å²) in [6.07, 6.45) is 3.37. The lowest BCUT2D eigenvalue weighted by atomic mass is 10.0. The van der Waals surface area contributed by atoms with E-state index in [-0.39, 0.29) is 11.3 Å². The molecule has 10 heteroatoms. The first-order valence-electron chi connectivity index (χ1n) is 10.4. The molecule has 0 unspecified atom stereocenters. The summed E-state index contributed by atoms with van der Waals surface area (Å²) in [5.74, 6) is -3.45. The lowest BCUT2D eigenvalue weighted by molar-refractivity contribution is 0.103. The fraction of sp³-hybridized carbons (Fsp3) is 0.364. The number of nitrogens with zero attached hydrogens (tertiary/aromatic N) is 2. The van der Waals surface area contributed by atoms with E-state index in [1.165, 1.54) is 6.20 Å². The van der Waals surface area contributed by atoms with Crippen LogP contribution in [0.15, 0.2) is 30.6 Å². The minimum atomic E-state index is -3.82. The molecule has 172 valence electrons. The molecule has 0 aliphatic carbocycles. The number of hydrogen-bond acceptors (Lipinski definition) is 5. The van der Waals surface area contributed by atoms with Gasteiger partial charge in [0.2, 0.25) is 15.8 Å². The highest BCUT2D eigenvalue weighted by Crippen LogP contribution is 2.28. The Kier molecular flexibility index (Phi) is 7.25. The molecule has 7 nitrogen and oxygen atoms in total. The summed E-state index contributed by atoms with van der Waals surface area (Å²) in [5, 5.41) is 0.440. The zero-order valence-corrected chi connectivity index (χ0v) is 19.0. The Labute approximate surface area is 185 Å². The van der Waals surface area contributed by atoms with Gasteiger partial charge in [0.25, 0.3) is 0 Å². The molecule has 0 saturated carbocycles. The van der Waals surface area contributed by atoms with Crippen molar-refractivity contribution < 1.29 is 22.0 Å². The second-order valence-corrected chi connectivity index (χ2v) is 9.28. The number of fused-ring (bicyclic) bond motifs is 1. The van der Waals surface area contributed by atoms with Gasteiger partial charge in [0, 0.05) is 29.9 Å². The molecule has 0 atom stereocenters. The average molecular weight is 465 g/mol. The molecule has 0 aliphatic rings. The molecule has 3 aromatic rings. The molecule has 0 saturated heterocycles. The van der Waals surface area contributed by atoms with E-state index in [2.05, 4.69) is 19.6 Å². The second kappa shape index (κ2) is 9.74. The number of sulfonamides is 1. The zero-order valence-electron chi connectivity index (χ0n) is 18.2. The van der Waals surface area contributed by atoms with E-state index >= 15 is 4.39 Å². The van der Waals surface area contributed by atoms with Crippen molar-refractivity contribution in [1.29, 1.82) is 0 Å². The zero-order chi connectivity index (χ0) is 23.5. The van der Waals surface area contributed by atoms with Gasteiger partial charge >= 0.3 is 0 Å². The van der Waals surface area contributed by atoms with Crippen LogP contribution >= 0.6 is 0 Å². The van der Waals surface area contributed by atoms with Crippen LogP contribution in [0.25, 0.3) is 11.0 Å². The number of hydrogen-bond donors (Lipinski definition) is 2.